The Kier molecular flexibility index (Phi) is 2.86. The number of nitrogens with zero attached hydrogens (tertiary/aromatic N) is 1. The molecule has 3 aromatic rings. The Bertz CT molecular complexity index is 690. The maximum Gasteiger partial charge on any atom is 0.107 e. The van der Waals surface area contributed by atoms with Gasteiger partial charge in [-0.05, 0) is 29.8 Å². The molecule has 90 valence electrons. The van der Waals surface area contributed by atoms with Crippen molar-refractivity contribution in [3.8, 4) is 0 Å². The summed E-state index contributed by atoms with van der Waals surface area (Å²) in [6.07, 6.45) is 1.14. The van der Waals surface area contributed by atoms with Crippen molar-refractivity contribution in [1.82, 2.24) is 4.98 Å². The zero-order valence-corrected chi connectivity index (χ0v) is 10.8. The van der Waals surface area contributed by atoms with Crippen LogP contribution in [-0.2, 0) is 0 Å². The average Bonchev–Trinajstić information content (AvgIpc) is 2.86. The van der Waals surface area contributed by atoms with E-state index in [1.165, 1.54) is 5.39 Å². The van der Waals surface area contributed by atoms with Crippen molar-refractivity contribution in [3.63, 3.8) is 0 Å². The van der Waals surface area contributed by atoms with Gasteiger partial charge in [-0.1, -0.05) is 24.3 Å². The molecular formula is C15H13NOS. The van der Waals surface area contributed by atoms with Crippen molar-refractivity contribution < 1.29 is 5.11 Å². The van der Waals surface area contributed by atoms with Crippen LogP contribution in [-0.4, -0.2) is 10.1 Å². The number of aliphatic hydroxyl groups excluding tert-OH is 1. The lowest BCUT2D eigenvalue weighted by Gasteiger charge is -2.14. The van der Waals surface area contributed by atoms with Crippen molar-refractivity contribution in [2.75, 3.05) is 0 Å². The van der Waals surface area contributed by atoms with Gasteiger partial charge in [-0.2, -0.15) is 0 Å². The summed E-state index contributed by atoms with van der Waals surface area (Å²) in [6.45, 7) is 1.92. The highest BCUT2D eigenvalue weighted by atomic mass is 32.1. The summed E-state index contributed by atoms with van der Waals surface area (Å²) in [5.41, 5.74) is 2.70. The highest BCUT2D eigenvalue weighted by molar-refractivity contribution is 7.17. The molecule has 0 radical (unpaired) electrons. The number of hydrogen-bond donors (Lipinski definition) is 1. The molecule has 2 nitrogen and oxygen atoms in total. The van der Waals surface area contributed by atoms with E-state index in [4.69, 9.17) is 0 Å². The normalized spacial score (nSPS) is 12.8. The molecule has 0 spiro atoms. The fourth-order valence-corrected chi connectivity index (χ4v) is 3.12. The second kappa shape index (κ2) is 4.52. The van der Waals surface area contributed by atoms with Crippen molar-refractivity contribution in [1.29, 1.82) is 0 Å². The molecule has 3 heteroatoms. The number of aromatic nitrogens is 1. The molecule has 0 aliphatic carbocycles. The highest BCUT2D eigenvalue weighted by Crippen LogP contribution is 2.32. The maximum atomic E-state index is 10.6. The first-order valence-electron chi connectivity index (χ1n) is 5.83. The van der Waals surface area contributed by atoms with E-state index in [0.717, 1.165) is 21.5 Å². The van der Waals surface area contributed by atoms with Gasteiger partial charge in [0.25, 0.3) is 0 Å². The zero-order valence-electron chi connectivity index (χ0n) is 10.00. The van der Waals surface area contributed by atoms with E-state index >= 15 is 0 Å². The predicted octanol–water partition coefficient (Wildman–Crippen LogP) is 3.69. The van der Waals surface area contributed by atoms with Gasteiger partial charge in [-0.25, -0.2) is 0 Å². The van der Waals surface area contributed by atoms with Crippen LogP contribution >= 0.6 is 11.3 Å². The molecule has 3 rings (SSSR count). The Morgan fingerprint density at radius 2 is 1.94 bits per heavy atom. The van der Waals surface area contributed by atoms with Gasteiger partial charge >= 0.3 is 0 Å². The molecule has 1 aromatic carbocycles. The standard InChI is InChI=1S/C15H13NOS/c1-10-12(6-3-8-16-10)14(17)13-5-2-4-11-7-9-18-15(11)13/h2-9,14,17H,1H3. The first-order valence-corrected chi connectivity index (χ1v) is 6.71. The number of aliphatic hydroxyl groups is 1. The smallest absolute Gasteiger partial charge is 0.107 e. The molecule has 1 atom stereocenters. The average molecular weight is 255 g/mol. The molecule has 1 N–H and O–H groups in total. The van der Waals surface area contributed by atoms with Crippen molar-refractivity contribution in [2.24, 2.45) is 0 Å². The Morgan fingerprint density at radius 3 is 2.78 bits per heavy atom. The second-order valence-electron chi connectivity index (χ2n) is 4.27. The van der Waals surface area contributed by atoms with Crippen LogP contribution in [0, 0.1) is 6.92 Å². The van der Waals surface area contributed by atoms with Gasteiger partial charge in [-0.15, -0.1) is 11.3 Å². The van der Waals surface area contributed by atoms with Gasteiger partial charge in [0.15, 0.2) is 0 Å². The van der Waals surface area contributed by atoms with Crippen molar-refractivity contribution >= 4 is 21.4 Å². The molecule has 2 heterocycles. The summed E-state index contributed by atoms with van der Waals surface area (Å²) < 4.78 is 1.15. The topological polar surface area (TPSA) is 33.1 Å². The minimum absolute atomic E-state index is 0.610. The number of benzene rings is 1. The highest BCUT2D eigenvalue weighted by Gasteiger charge is 2.16. The van der Waals surface area contributed by atoms with E-state index < -0.39 is 6.10 Å². The van der Waals surface area contributed by atoms with Crippen LogP contribution in [0.1, 0.15) is 22.9 Å². The van der Waals surface area contributed by atoms with E-state index in [9.17, 15) is 5.11 Å². The third-order valence-electron chi connectivity index (χ3n) is 3.15. The molecule has 0 amide bonds. The summed E-state index contributed by atoms with van der Waals surface area (Å²) in [4.78, 5) is 4.24. The first kappa shape index (κ1) is 11.4. The number of aryl methyl sites for hydroxylation is 1. The van der Waals surface area contributed by atoms with Gasteiger partial charge in [0, 0.05) is 27.7 Å². The molecule has 1 unspecified atom stereocenters. The van der Waals surface area contributed by atoms with Gasteiger partial charge in [0.2, 0.25) is 0 Å². The lowest BCUT2D eigenvalue weighted by atomic mass is 9.99. The van der Waals surface area contributed by atoms with E-state index in [1.807, 2.05) is 31.2 Å². The minimum Gasteiger partial charge on any atom is -0.384 e. The van der Waals surface area contributed by atoms with Gasteiger partial charge in [0.1, 0.15) is 6.10 Å². The van der Waals surface area contributed by atoms with Crippen LogP contribution < -0.4 is 0 Å². The lowest BCUT2D eigenvalue weighted by Crippen LogP contribution is -2.03. The molecule has 18 heavy (non-hydrogen) atoms. The number of hydrogen-bond acceptors (Lipinski definition) is 3. The van der Waals surface area contributed by atoms with Gasteiger partial charge in [0.05, 0.1) is 0 Å². The molecular weight excluding hydrogens is 242 g/mol. The predicted molar refractivity (Wildman–Crippen MR) is 74.9 cm³/mol. The second-order valence-corrected chi connectivity index (χ2v) is 5.18. The van der Waals surface area contributed by atoms with Crippen LogP contribution in [0.15, 0.2) is 48.0 Å². The van der Waals surface area contributed by atoms with Crippen LogP contribution in [0.25, 0.3) is 10.1 Å². The van der Waals surface area contributed by atoms with Gasteiger partial charge < -0.3 is 5.11 Å². The first-order chi connectivity index (χ1) is 8.77. The Hall–Kier alpha value is -1.71. The molecule has 0 aliphatic rings. The largest absolute Gasteiger partial charge is 0.384 e. The molecule has 0 bridgehead atoms. The zero-order chi connectivity index (χ0) is 12.5. The van der Waals surface area contributed by atoms with Crippen LogP contribution in [0.2, 0.25) is 0 Å². The van der Waals surface area contributed by atoms with E-state index in [0.29, 0.717) is 0 Å². The summed E-state index contributed by atoms with van der Waals surface area (Å²) in [6, 6.07) is 11.9. The lowest BCUT2D eigenvalue weighted by molar-refractivity contribution is 0.221. The molecule has 0 aliphatic heterocycles. The Morgan fingerprint density at radius 1 is 1.11 bits per heavy atom. The van der Waals surface area contributed by atoms with E-state index in [-0.39, 0.29) is 0 Å². The molecule has 0 fully saturated rings. The van der Waals surface area contributed by atoms with Crippen LogP contribution in [0.4, 0.5) is 0 Å². The summed E-state index contributed by atoms with van der Waals surface area (Å²) in [5, 5.41) is 13.8. The van der Waals surface area contributed by atoms with Crippen molar-refractivity contribution in [2.45, 2.75) is 13.0 Å². The number of rotatable bonds is 2. The monoisotopic (exact) mass is 255 g/mol. The fourth-order valence-electron chi connectivity index (χ4n) is 2.18. The maximum absolute atomic E-state index is 10.6. The summed E-state index contributed by atoms with van der Waals surface area (Å²) >= 11 is 1.66. The molecule has 2 aromatic heterocycles. The number of pyridine rings is 1. The molecule has 0 saturated carbocycles. The molecule has 0 saturated heterocycles. The van der Waals surface area contributed by atoms with Crippen molar-refractivity contribution in [3.05, 3.63) is 64.8 Å². The van der Waals surface area contributed by atoms with Crippen LogP contribution in [0.5, 0.6) is 0 Å². The Balaban J connectivity index is 2.15. The Labute approximate surface area is 110 Å². The van der Waals surface area contributed by atoms with E-state index in [1.54, 1.807) is 17.5 Å². The minimum atomic E-state index is -0.610. The summed E-state index contributed by atoms with van der Waals surface area (Å²) in [7, 11) is 0. The summed E-state index contributed by atoms with van der Waals surface area (Å²) in [5.74, 6) is 0. The van der Waals surface area contributed by atoms with Crippen LogP contribution in [0.3, 0.4) is 0 Å². The third-order valence-corrected chi connectivity index (χ3v) is 4.13. The number of fused-ring (bicyclic) bond motifs is 1. The third kappa shape index (κ3) is 1.82. The van der Waals surface area contributed by atoms with Gasteiger partial charge in [-0.3, -0.25) is 4.98 Å². The fraction of sp³-hybridized carbons (Fsp3) is 0.133. The van der Waals surface area contributed by atoms with E-state index in [2.05, 4.69) is 22.5 Å². The quantitative estimate of drug-likeness (QED) is 0.757. The number of thiophene rings is 1. The SMILES string of the molecule is Cc1ncccc1C(O)c1cccc2ccsc12.